The van der Waals surface area contributed by atoms with Crippen LogP contribution in [0.4, 0.5) is 0 Å². The van der Waals surface area contributed by atoms with Crippen LogP contribution in [0.3, 0.4) is 0 Å². The Hall–Kier alpha value is -6.51. The average molecular weight is 705 g/mol. The van der Waals surface area contributed by atoms with Gasteiger partial charge in [0, 0.05) is 18.0 Å². The molecule has 262 valence electrons. The van der Waals surface area contributed by atoms with Gasteiger partial charge in [-0.1, -0.05) is 153 Å². The smallest absolute Gasteiger partial charge is 0.138 e. The van der Waals surface area contributed by atoms with Crippen LogP contribution in [0.2, 0.25) is 0 Å². The van der Waals surface area contributed by atoms with E-state index >= 15 is 0 Å². The van der Waals surface area contributed by atoms with E-state index in [2.05, 4.69) is 188 Å². The van der Waals surface area contributed by atoms with Crippen molar-refractivity contribution in [1.29, 1.82) is 0 Å². The van der Waals surface area contributed by atoms with Gasteiger partial charge in [-0.2, -0.15) is 0 Å². The Balaban J connectivity index is 1.10. The van der Waals surface area contributed by atoms with Crippen LogP contribution in [0, 0.1) is 5.92 Å². The summed E-state index contributed by atoms with van der Waals surface area (Å²) in [5.41, 5.74) is 16.6. The molecule has 0 amide bonds. The molecule has 2 heteroatoms. The molecule has 2 nitrogen and oxygen atoms in total. The van der Waals surface area contributed by atoms with Gasteiger partial charge in [0.05, 0.1) is 5.69 Å². The highest BCUT2D eigenvalue weighted by atomic mass is 15.0. The number of hydrogen-bond donors (Lipinski definition) is 0. The van der Waals surface area contributed by atoms with Gasteiger partial charge in [0.1, 0.15) is 5.65 Å². The molecule has 0 saturated heterocycles. The van der Waals surface area contributed by atoms with Gasteiger partial charge in [-0.15, -0.1) is 0 Å². The van der Waals surface area contributed by atoms with Crippen molar-refractivity contribution in [2.45, 2.75) is 32.6 Å². The molecular formula is C53H40N2. The van der Waals surface area contributed by atoms with E-state index < -0.39 is 0 Å². The van der Waals surface area contributed by atoms with Gasteiger partial charge in [-0.3, -0.25) is 0 Å². The Morgan fingerprint density at radius 2 is 1.22 bits per heavy atom. The fraction of sp³-hybridized carbons (Fsp3) is 0.113. The largest absolute Gasteiger partial charge is 0.306 e. The summed E-state index contributed by atoms with van der Waals surface area (Å²) in [4.78, 5) is 5.03. The van der Waals surface area contributed by atoms with E-state index in [1.165, 1.54) is 88.0 Å². The second-order valence-corrected chi connectivity index (χ2v) is 15.7. The van der Waals surface area contributed by atoms with E-state index in [1.807, 2.05) is 0 Å². The first-order valence-corrected chi connectivity index (χ1v) is 19.6. The number of rotatable bonds is 4. The van der Waals surface area contributed by atoms with Gasteiger partial charge in [0.25, 0.3) is 0 Å². The molecule has 0 spiro atoms. The van der Waals surface area contributed by atoms with Crippen LogP contribution in [0.5, 0.6) is 0 Å². The zero-order chi connectivity index (χ0) is 36.6. The van der Waals surface area contributed by atoms with Crippen molar-refractivity contribution >= 4 is 55.7 Å². The molecule has 11 rings (SSSR count). The number of hydrogen-bond acceptors (Lipinski definition) is 1. The second kappa shape index (κ2) is 12.5. The van der Waals surface area contributed by atoms with Crippen LogP contribution in [-0.2, 0) is 6.42 Å². The second-order valence-electron chi connectivity index (χ2n) is 15.7. The lowest BCUT2D eigenvalue weighted by atomic mass is 9.74. The fourth-order valence-corrected chi connectivity index (χ4v) is 9.43. The third-order valence-corrected chi connectivity index (χ3v) is 12.3. The number of allylic oxidation sites excluding steroid dienone is 2. The van der Waals surface area contributed by atoms with E-state index in [9.17, 15) is 0 Å². The van der Waals surface area contributed by atoms with Crippen molar-refractivity contribution in [3.05, 3.63) is 186 Å². The first-order chi connectivity index (χ1) is 27.1. The Kier molecular flexibility index (Phi) is 7.29. The molecule has 0 saturated carbocycles. The molecule has 55 heavy (non-hydrogen) atoms. The quantitative estimate of drug-likeness (QED) is 0.178. The van der Waals surface area contributed by atoms with Crippen molar-refractivity contribution in [2.24, 2.45) is 5.92 Å². The molecule has 2 atom stereocenters. The maximum atomic E-state index is 5.03. The summed E-state index contributed by atoms with van der Waals surface area (Å²) in [7, 11) is 0. The van der Waals surface area contributed by atoms with Crippen LogP contribution in [-0.4, -0.2) is 9.38 Å². The molecule has 7 aromatic carbocycles. The zero-order valence-corrected chi connectivity index (χ0v) is 31.1. The topological polar surface area (TPSA) is 17.3 Å². The van der Waals surface area contributed by atoms with Crippen molar-refractivity contribution in [3.8, 4) is 33.5 Å². The average Bonchev–Trinajstić information content (AvgIpc) is 3.64. The third kappa shape index (κ3) is 5.28. The lowest BCUT2D eigenvalue weighted by Gasteiger charge is -2.30. The predicted molar refractivity (Wildman–Crippen MR) is 233 cm³/mol. The van der Waals surface area contributed by atoms with E-state index in [4.69, 9.17) is 4.98 Å². The van der Waals surface area contributed by atoms with Gasteiger partial charge in [0.15, 0.2) is 0 Å². The Morgan fingerprint density at radius 3 is 2.04 bits per heavy atom. The number of imidazole rings is 1. The van der Waals surface area contributed by atoms with Gasteiger partial charge in [0.2, 0.25) is 0 Å². The van der Waals surface area contributed by atoms with Crippen molar-refractivity contribution < 1.29 is 0 Å². The van der Waals surface area contributed by atoms with Gasteiger partial charge < -0.3 is 4.40 Å². The first kappa shape index (κ1) is 32.0. The minimum Gasteiger partial charge on any atom is -0.306 e. The number of aromatic nitrogens is 2. The molecular weight excluding hydrogens is 665 g/mol. The number of nitrogens with zero attached hydrogens (tertiary/aromatic N) is 2. The van der Waals surface area contributed by atoms with Crippen molar-refractivity contribution in [3.63, 3.8) is 0 Å². The summed E-state index contributed by atoms with van der Waals surface area (Å²) in [6.07, 6.45) is 13.5. The van der Waals surface area contributed by atoms with Crippen LogP contribution < -0.4 is 0 Å². The van der Waals surface area contributed by atoms with Gasteiger partial charge >= 0.3 is 0 Å². The highest BCUT2D eigenvalue weighted by Gasteiger charge is 2.28. The van der Waals surface area contributed by atoms with E-state index in [0.717, 1.165) is 29.7 Å². The molecule has 2 aromatic heterocycles. The maximum absolute atomic E-state index is 5.03. The number of pyridine rings is 1. The third-order valence-electron chi connectivity index (χ3n) is 12.3. The summed E-state index contributed by atoms with van der Waals surface area (Å²) in [6.45, 7) is 4.77. The molecule has 9 aromatic rings. The molecule has 2 aliphatic rings. The Morgan fingerprint density at radius 1 is 0.564 bits per heavy atom. The van der Waals surface area contributed by atoms with Crippen molar-refractivity contribution in [2.75, 3.05) is 0 Å². The fourth-order valence-electron chi connectivity index (χ4n) is 9.43. The highest BCUT2D eigenvalue weighted by Crippen LogP contribution is 2.49. The predicted octanol–water partition coefficient (Wildman–Crippen LogP) is 14.0. The van der Waals surface area contributed by atoms with Crippen LogP contribution in [0.15, 0.2) is 158 Å². The van der Waals surface area contributed by atoms with Crippen LogP contribution in [0.1, 0.15) is 54.0 Å². The molecule has 2 unspecified atom stereocenters. The molecule has 0 bridgehead atoms. The minimum absolute atomic E-state index is 0.336. The van der Waals surface area contributed by atoms with Crippen LogP contribution in [0.25, 0.3) is 89.2 Å². The zero-order valence-electron chi connectivity index (χ0n) is 31.1. The number of fused-ring (bicyclic) bond motifs is 6. The molecule has 0 radical (unpaired) electrons. The summed E-state index contributed by atoms with van der Waals surface area (Å²) in [6, 6.07) is 51.8. The first-order valence-electron chi connectivity index (χ1n) is 19.6. The van der Waals surface area contributed by atoms with E-state index in [0.29, 0.717) is 11.8 Å². The maximum Gasteiger partial charge on any atom is 0.138 e. The lowest BCUT2D eigenvalue weighted by Crippen LogP contribution is -2.12. The standard InChI is InChI=1S/C53H40N2/c1-33-10-9-15-36-21-25-42(28-46(33)36)53-45-17-8-7-16-44(45)52(41-24-18-35-11-3-4-12-39(35)27-41)48-26-34(2)47(30-49(48)53)37-19-22-38(23-20-37)50-32-55-31-43-14-6-5-13-40(43)29-51(55)54-50/h3-9,11-25,27-34H,10,26H2,1-2H3. The van der Waals surface area contributed by atoms with Crippen molar-refractivity contribution in [1.82, 2.24) is 9.38 Å². The Bertz CT molecular complexity index is 3010. The molecule has 2 aliphatic carbocycles. The highest BCUT2D eigenvalue weighted by molar-refractivity contribution is 6.12. The minimum atomic E-state index is 0.336. The number of benzene rings is 7. The van der Waals surface area contributed by atoms with Crippen LogP contribution >= 0.6 is 0 Å². The summed E-state index contributed by atoms with van der Waals surface area (Å²) < 4.78 is 2.14. The lowest BCUT2D eigenvalue weighted by molar-refractivity contribution is 0.739. The molecule has 0 fully saturated rings. The summed E-state index contributed by atoms with van der Waals surface area (Å²) in [5, 5.41) is 7.60. The molecule has 2 heterocycles. The molecule has 0 aliphatic heterocycles. The Labute approximate surface area is 321 Å². The molecule has 0 N–H and O–H groups in total. The van der Waals surface area contributed by atoms with Gasteiger partial charge in [-0.05, 0) is 131 Å². The van der Waals surface area contributed by atoms with E-state index in [1.54, 1.807) is 0 Å². The van der Waals surface area contributed by atoms with E-state index in [-0.39, 0.29) is 0 Å². The SMILES string of the molecule is CC1Cc2c(c(-c3ccc4c(c3)C(C)CC=C4)c3ccccc3c2-c2ccc3ccccc3c2)C=C1c1ccc(-c2cn3cc4ccccc4cc3n2)cc1. The summed E-state index contributed by atoms with van der Waals surface area (Å²) in [5.74, 6) is 0.832. The normalized spacial score (nSPS) is 16.4. The van der Waals surface area contributed by atoms with Gasteiger partial charge in [-0.25, -0.2) is 4.98 Å². The summed E-state index contributed by atoms with van der Waals surface area (Å²) >= 11 is 0. The monoisotopic (exact) mass is 704 g/mol.